The maximum Gasteiger partial charge on any atom is 0.242 e. The highest BCUT2D eigenvalue weighted by Gasteiger charge is 2.24. The minimum atomic E-state index is -0.645. The van der Waals surface area contributed by atoms with E-state index in [1.807, 2.05) is 84.1 Å². The molecule has 4 aromatic rings. The predicted octanol–water partition coefficient (Wildman–Crippen LogP) is 3.53. The molecule has 3 heterocycles. The molecule has 0 saturated carbocycles. The van der Waals surface area contributed by atoms with E-state index in [-0.39, 0.29) is 30.8 Å². The molecule has 5 rings (SSSR count). The monoisotopic (exact) mass is 571 g/mol. The predicted molar refractivity (Wildman–Crippen MR) is 157 cm³/mol. The zero-order valence-corrected chi connectivity index (χ0v) is 24.0. The summed E-state index contributed by atoms with van der Waals surface area (Å²) in [4.78, 5) is 37.4. The molecule has 11 heteroatoms. The first kappa shape index (κ1) is 29.0. The van der Waals surface area contributed by atoms with Crippen LogP contribution in [0.1, 0.15) is 32.6 Å². The Balaban J connectivity index is 1.35. The Kier molecular flexibility index (Phi) is 9.60. The molecule has 2 bridgehead atoms. The van der Waals surface area contributed by atoms with Crippen molar-refractivity contribution in [2.75, 3.05) is 26.2 Å². The summed E-state index contributed by atoms with van der Waals surface area (Å²) in [6.07, 6.45) is 4.82. The molecule has 42 heavy (non-hydrogen) atoms. The van der Waals surface area contributed by atoms with Gasteiger partial charge in [0, 0.05) is 43.2 Å². The van der Waals surface area contributed by atoms with Gasteiger partial charge in [0.1, 0.15) is 17.6 Å². The first-order valence-corrected chi connectivity index (χ1v) is 14.4. The molecule has 2 aromatic heterocycles. The van der Waals surface area contributed by atoms with E-state index in [9.17, 15) is 9.59 Å². The standard InChI is InChI=1S/C31H37N7O4/c1-22(2)18-26-31(40)33-13-16-38-15-12-32-30(38)24-10-6-11-25(19-24)41-17-7-14-37(20-27(39)34-26)21-28-35-29(36-42-28)23-8-4-3-5-9-23/h3-6,8-12,15,19,22,26H,7,13-14,16-18,20-21H2,1-2H3,(H,33,40)(H,34,39)/t26-/m1/s1. The van der Waals surface area contributed by atoms with Crippen LogP contribution < -0.4 is 15.4 Å². The Labute approximate surface area is 245 Å². The lowest BCUT2D eigenvalue weighted by atomic mass is 10.0. The quantitative estimate of drug-likeness (QED) is 0.373. The van der Waals surface area contributed by atoms with Gasteiger partial charge in [0.25, 0.3) is 0 Å². The lowest BCUT2D eigenvalue weighted by molar-refractivity contribution is -0.130. The van der Waals surface area contributed by atoms with Gasteiger partial charge in [-0.05, 0) is 30.9 Å². The number of carbonyl (C=O) groups is 2. The molecule has 0 aliphatic carbocycles. The smallest absolute Gasteiger partial charge is 0.242 e. The largest absolute Gasteiger partial charge is 0.494 e. The molecular weight excluding hydrogens is 534 g/mol. The summed E-state index contributed by atoms with van der Waals surface area (Å²) in [6.45, 7) is 6.35. The van der Waals surface area contributed by atoms with Crippen molar-refractivity contribution in [3.63, 3.8) is 0 Å². The van der Waals surface area contributed by atoms with Crippen molar-refractivity contribution in [1.82, 2.24) is 35.2 Å². The van der Waals surface area contributed by atoms with Gasteiger partial charge in [-0.3, -0.25) is 14.5 Å². The van der Waals surface area contributed by atoms with Gasteiger partial charge in [0.15, 0.2) is 0 Å². The Morgan fingerprint density at radius 3 is 2.71 bits per heavy atom. The van der Waals surface area contributed by atoms with Crippen molar-refractivity contribution in [3.8, 4) is 28.5 Å². The summed E-state index contributed by atoms with van der Waals surface area (Å²) in [7, 11) is 0. The van der Waals surface area contributed by atoms with Crippen LogP contribution in [0.4, 0.5) is 0 Å². The van der Waals surface area contributed by atoms with E-state index in [1.54, 1.807) is 6.20 Å². The number of benzene rings is 2. The molecule has 0 spiro atoms. The van der Waals surface area contributed by atoms with E-state index < -0.39 is 6.04 Å². The van der Waals surface area contributed by atoms with Crippen LogP contribution in [0.25, 0.3) is 22.8 Å². The maximum absolute atomic E-state index is 13.2. The fourth-order valence-corrected chi connectivity index (χ4v) is 4.95. The number of fused-ring (bicyclic) bond motifs is 4. The van der Waals surface area contributed by atoms with Crippen LogP contribution in [0.3, 0.4) is 0 Å². The molecule has 0 unspecified atom stereocenters. The lowest BCUT2D eigenvalue weighted by Crippen LogP contribution is -2.50. The zero-order chi connectivity index (χ0) is 29.3. The van der Waals surface area contributed by atoms with E-state index in [4.69, 9.17) is 9.26 Å². The average Bonchev–Trinajstić information content (AvgIpc) is 3.65. The summed E-state index contributed by atoms with van der Waals surface area (Å²) >= 11 is 0. The number of ether oxygens (including phenoxy) is 1. The van der Waals surface area contributed by atoms with E-state index in [0.29, 0.717) is 50.8 Å². The summed E-state index contributed by atoms with van der Waals surface area (Å²) in [5.74, 6) is 2.20. The van der Waals surface area contributed by atoms with Crippen molar-refractivity contribution in [2.45, 2.75) is 45.8 Å². The number of carbonyl (C=O) groups excluding carboxylic acids is 2. The zero-order valence-electron chi connectivity index (χ0n) is 24.0. The number of nitrogens with zero attached hydrogens (tertiary/aromatic N) is 5. The van der Waals surface area contributed by atoms with Crippen LogP contribution in [-0.4, -0.2) is 68.7 Å². The highest BCUT2D eigenvalue weighted by Crippen LogP contribution is 2.23. The number of amides is 2. The van der Waals surface area contributed by atoms with Gasteiger partial charge in [0.2, 0.25) is 23.5 Å². The maximum atomic E-state index is 13.2. The van der Waals surface area contributed by atoms with Crippen LogP contribution >= 0.6 is 0 Å². The second-order valence-corrected chi connectivity index (χ2v) is 10.8. The molecular formula is C31H37N7O4. The van der Waals surface area contributed by atoms with Crippen LogP contribution in [0.2, 0.25) is 0 Å². The van der Waals surface area contributed by atoms with Gasteiger partial charge in [-0.25, -0.2) is 4.98 Å². The van der Waals surface area contributed by atoms with Crippen molar-refractivity contribution in [1.29, 1.82) is 0 Å². The first-order valence-electron chi connectivity index (χ1n) is 14.4. The number of nitrogens with one attached hydrogen (secondary N) is 2. The van der Waals surface area contributed by atoms with Crippen LogP contribution in [0.5, 0.6) is 5.75 Å². The Morgan fingerprint density at radius 2 is 1.88 bits per heavy atom. The number of hydrogen-bond acceptors (Lipinski definition) is 8. The summed E-state index contributed by atoms with van der Waals surface area (Å²) in [6, 6.07) is 16.8. The third kappa shape index (κ3) is 7.82. The number of rotatable bonds is 5. The average molecular weight is 572 g/mol. The van der Waals surface area contributed by atoms with Gasteiger partial charge < -0.3 is 24.5 Å². The van der Waals surface area contributed by atoms with Gasteiger partial charge in [-0.1, -0.05) is 61.5 Å². The fourth-order valence-electron chi connectivity index (χ4n) is 4.95. The van der Waals surface area contributed by atoms with Gasteiger partial charge in [0.05, 0.1) is 19.7 Å². The minimum Gasteiger partial charge on any atom is -0.494 e. The van der Waals surface area contributed by atoms with E-state index >= 15 is 0 Å². The Hall–Kier alpha value is -4.51. The van der Waals surface area contributed by atoms with Crippen molar-refractivity contribution in [2.24, 2.45) is 5.92 Å². The Morgan fingerprint density at radius 1 is 1.05 bits per heavy atom. The second-order valence-electron chi connectivity index (χ2n) is 10.8. The van der Waals surface area contributed by atoms with Crippen molar-refractivity contribution >= 4 is 11.8 Å². The molecule has 2 amide bonds. The molecule has 0 radical (unpaired) electrons. The van der Waals surface area contributed by atoms with E-state index in [1.165, 1.54) is 0 Å². The van der Waals surface area contributed by atoms with E-state index in [2.05, 4.69) is 25.8 Å². The van der Waals surface area contributed by atoms with Crippen LogP contribution in [-0.2, 0) is 22.7 Å². The normalized spacial score (nSPS) is 17.5. The highest BCUT2D eigenvalue weighted by molar-refractivity contribution is 5.88. The fraction of sp³-hybridized carbons (Fsp3) is 0.387. The van der Waals surface area contributed by atoms with E-state index in [0.717, 1.165) is 22.7 Å². The topological polar surface area (TPSA) is 127 Å². The first-order chi connectivity index (χ1) is 20.4. The molecule has 1 aliphatic rings. The third-order valence-corrected chi connectivity index (χ3v) is 6.93. The number of imidazole rings is 1. The summed E-state index contributed by atoms with van der Waals surface area (Å²) < 4.78 is 13.6. The molecule has 2 aromatic carbocycles. The number of hydrogen-bond donors (Lipinski definition) is 2. The summed E-state index contributed by atoms with van der Waals surface area (Å²) in [5, 5.41) is 10.1. The summed E-state index contributed by atoms with van der Waals surface area (Å²) in [5.41, 5.74) is 1.78. The molecule has 2 N–H and O–H groups in total. The minimum absolute atomic E-state index is 0.0683. The van der Waals surface area contributed by atoms with Gasteiger partial charge in [-0.15, -0.1) is 0 Å². The van der Waals surface area contributed by atoms with Gasteiger partial charge >= 0.3 is 0 Å². The molecule has 11 nitrogen and oxygen atoms in total. The van der Waals surface area contributed by atoms with Crippen LogP contribution in [0.15, 0.2) is 71.5 Å². The lowest BCUT2D eigenvalue weighted by Gasteiger charge is -2.24. The second kappa shape index (κ2) is 13.9. The highest BCUT2D eigenvalue weighted by atomic mass is 16.5. The van der Waals surface area contributed by atoms with Crippen molar-refractivity contribution in [3.05, 3.63) is 72.9 Å². The van der Waals surface area contributed by atoms with Gasteiger partial charge in [-0.2, -0.15) is 4.98 Å². The molecule has 220 valence electrons. The molecule has 1 atom stereocenters. The third-order valence-electron chi connectivity index (χ3n) is 6.93. The SMILES string of the molecule is CC(C)C[C@H]1NC(=O)CN(Cc2nc(-c3ccccc3)no2)CCCOc2cccc(c2)-c2nccn2CCNC1=O. The molecule has 1 aliphatic heterocycles. The number of aromatic nitrogens is 4. The Bertz CT molecular complexity index is 1470. The molecule has 0 fully saturated rings. The van der Waals surface area contributed by atoms with Crippen LogP contribution in [0, 0.1) is 5.92 Å². The van der Waals surface area contributed by atoms with Crippen molar-refractivity contribution < 1.29 is 18.8 Å². The molecule has 0 saturated heterocycles.